The van der Waals surface area contributed by atoms with E-state index < -0.39 is 5.60 Å². The van der Waals surface area contributed by atoms with Crippen LogP contribution in [0.3, 0.4) is 0 Å². The number of benzene rings is 1. The Kier molecular flexibility index (Phi) is 3.54. The van der Waals surface area contributed by atoms with E-state index in [0.29, 0.717) is 18.7 Å². The van der Waals surface area contributed by atoms with Gasteiger partial charge in [-0.1, -0.05) is 24.3 Å². The van der Waals surface area contributed by atoms with Crippen molar-refractivity contribution >= 4 is 17.7 Å². The van der Waals surface area contributed by atoms with Crippen molar-refractivity contribution in [3.05, 3.63) is 35.4 Å². The number of thioether (sulfide) groups is 1. The zero-order chi connectivity index (χ0) is 13.3. The molecule has 2 aliphatic heterocycles. The fourth-order valence-electron chi connectivity index (χ4n) is 2.89. The Bertz CT molecular complexity index is 483. The highest BCUT2D eigenvalue weighted by molar-refractivity contribution is 7.99. The van der Waals surface area contributed by atoms with Crippen LogP contribution in [0.4, 0.5) is 0 Å². The SMILES string of the molecule is O=C(N1CCCc2ccccc2C1)C1(O)CCSC1. The van der Waals surface area contributed by atoms with E-state index in [1.54, 1.807) is 11.8 Å². The second kappa shape index (κ2) is 5.17. The molecule has 102 valence electrons. The highest BCUT2D eigenvalue weighted by Gasteiger charge is 2.42. The molecule has 1 unspecified atom stereocenters. The molecule has 1 saturated heterocycles. The summed E-state index contributed by atoms with van der Waals surface area (Å²) in [5, 5.41) is 10.4. The molecule has 0 spiro atoms. The summed E-state index contributed by atoms with van der Waals surface area (Å²) in [7, 11) is 0. The van der Waals surface area contributed by atoms with Gasteiger partial charge in [-0.15, -0.1) is 0 Å². The first-order valence-corrected chi connectivity index (χ1v) is 8.01. The van der Waals surface area contributed by atoms with Gasteiger partial charge >= 0.3 is 0 Å². The normalized spacial score (nSPS) is 26.9. The maximum Gasteiger partial charge on any atom is 0.255 e. The van der Waals surface area contributed by atoms with Gasteiger partial charge in [0.05, 0.1) is 0 Å². The van der Waals surface area contributed by atoms with Crippen LogP contribution < -0.4 is 0 Å². The molecule has 1 atom stereocenters. The maximum absolute atomic E-state index is 12.5. The van der Waals surface area contributed by atoms with Crippen molar-refractivity contribution < 1.29 is 9.90 Å². The summed E-state index contributed by atoms with van der Waals surface area (Å²) in [6.07, 6.45) is 2.59. The molecular formula is C15H19NO2S. The predicted octanol–water partition coefficient (Wildman–Crippen LogP) is 1.83. The van der Waals surface area contributed by atoms with Gasteiger partial charge < -0.3 is 10.0 Å². The van der Waals surface area contributed by atoms with Crippen molar-refractivity contribution in [1.82, 2.24) is 4.90 Å². The zero-order valence-electron chi connectivity index (χ0n) is 11.0. The third-order valence-corrected chi connectivity index (χ3v) is 5.21. The molecule has 0 saturated carbocycles. The number of carbonyl (C=O) groups is 1. The molecule has 2 aliphatic rings. The number of amides is 1. The van der Waals surface area contributed by atoms with Gasteiger partial charge in [-0.05, 0) is 36.1 Å². The standard InChI is InChI=1S/C15H19NO2S/c17-14(15(18)7-9-19-11-15)16-8-3-6-12-4-1-2-5-13(12)10-16/h1-2,4-5,18H,3,6-11H2. The molecule has 1 fully saturated rings. The van der Waals surface area contributed by atoms with Crippen LogP contribution in [-0.4, -0.2) is 39.6 Å². The highest BCUT2D eigenvalue weighted by atomic mass is 32.2. The largest absolute Gasteiger partial charge is 0.379 e. The van der Waals surface area contributed by atoms with E-state index in [1.165, 1.54) is 11.1 Å². The summed E-state index contributed by atoms with van der Waals surface area (Å²) in [6.45, 7) is 1.39. The van der Waals surface area contributed by atoms with Crippen LogP contribution in [0, 0.1) is 0 Å². The van der Waals surface area contributed by atoms with Gasteiger partial charge in [-0.25, -0.2) is 0 Å². The number of hydrogen-bond acceptors (Lipinski definition) is 3. The predicted molar refractivity (Wildman–Crippen MR) is 77.1 cm³/mol. The topological polar surface area (TPSA) is 40.5 Å². The van der Waals surface area contributed by atoms with Crippen LogP contribution in [0.5, 0.6) is 0 Å². The molecule has 1 amide bonds. The highest BCUT2D eigenvalue weighted by Crippen LogP contribution is 2.31. The Morgan fingerprint density at radius 2 is 2.11 bits per heavy atom. The number of hydrogen-bond donors (Lipinski definition) is 1. The molecule has 0 bridgehead atoms. The summed E-state index contributed by atoms with van der Waals surface area (Å²) < 4.78 is 0. The lowest BCUT2D eigenvalue weighted by Gasteiger charge is -2.29. The second-order valence-corrected chi connectivity index (χ2v) is 6.54. The average Bonchev–Trinajstić information content (AvgIpc) is 2.76. The minimum Gasteiger partial charge on any atom is -0.379 e. The third kappa shape index (κ3) is 2.51. The van der Waals surface area contributed by atoms with E-state index in [0.717, 1.165) is 25.1 Å². The minimum absolute atomic E-state index is 0.0748. The van der Waals surface area contributed by atoms with Gasteiger partial charge in [0.2, 0.25) is 0 Å². The van der Waals surface area contributed by atoms with E-state index in [1.807, 2.05) is 11.0 Å². The van der Waals surface area contributed by atoms with Crippen LogP contribution in [-0.2, 0) is 17.8 Å². The Morgan fingerprint density at radius 3 is 2.84 bits per heavy atom. The molecule has 0 radical (unpaired) electrons. The molecule has 1 aromatic carbocycles. The Labute approximate surface area is 118 Å². The van der Waals surface area contributed by atoms with Crippen LogP contribution in [0.2, 0.25) is 0 Å². The Morgan fingerprint density at radius 1 is 1.32 bits per heavy atom. The van der Waals surface area contributed by atoms with Crippen LogP contribution in [0.15, 0.2) is 24.3 Å². The van der Waals surface area contributed by atoms with Crippen molar-refractivity contribution in [2.24, 2.45) is 0 Å². The summed E-state index contributed by atoms with van der Waals surface area (Å²) in [5.41, 5.74) is 1.44. The van der Waals surface area contributed by atoms with E-state index in [4.69, 9.17) is 0 Å². The fraction of sp³-hybridized carbons (Fsp3) is 0.533. The van der Waals surface area contributed by atoms with Crippen LogP contribution >= 0.6 is 11.8 Å². The average molecular weight is 277 g/mol. The minimum atomic E-state index is -1.12. The zero-order valence-corrected chi connectivity index (χ0v) is 11.8. The lowest BCUT2D eigenvalue weighted by molar-refractivity contribution is -0.149. The van der Waals surface area contributed by atoms with E-state index in [-0.39, 0.29) is 5.91 Å². The number of carbonyl (C=O) groups excluding carboxylic acids is 1. The lowest BCUT2D eigenvalue weighted by Crippen LogP contribution is -2.49. The maximum atomic E-state index is 12.5. The van der Waals surface area contributed by atoms with Crippen molar-refractivity contribution in [2.45, 2.75) is 31.4 Å². The van der Waals surface area contributed by atoms with Crippen molar-refractivity contribution in [2.75, 3.05) is 18.1 Å². The fourth-order valence-corrected chi connectivity index (χ4v) is 4.12. The molecule has 0 aromatic heterocycles. The molecule has 0 aliphatic carbocycles. The summed E-state index contributed by atoms with van der Waals surface area (Å²) in [6, 6.07) is 8.31. The molecule has 4 heteroatoms. The molecule has 19 heavy (non-hydrogen) atoms. The van der Waals surface area contributed by atoms with Crippen molar-refractivity contribution in [1.29, 1.82) is 0 Å². The van der Waals surface area contributed by atoms with E-state index in [9.17, 15) is 9.90 Å². The van der Waals surface area contributed by atoms with Gasteiger partial charge in [-0.3, -0.25) is 4.79 Å². The van der Waals surface area contributed by atoms with Gasteiger partial charge in [0.1, 0.15) is 0 Å². The van der Waals surface area contributed by atoms with Gasteiger partial charge in [-0.2, -0.15) is 11.8 Å². The van der Waals surface area contributed by atoms with E-state index >= 15 is 0 Å². The molecule has 1 aromatic rings. The van der Waals surface area contributed by atoms with Crippen molar-refractivity contribution in [3.8, 4) is 0 Å². The molecule has 2 heterocycles. The monoisotopic (exact) mass is 277 g/mol. The lowest BCUT2D eigenvalue weighted by atomic mass is 10.0. The smallest absolute Gasteiger partial charge is 0.255 e. The molecular weight excluding hydrogens is 258 g/mol. The van der Waals surface area contributed by atoms with Crippen molar-refractivity contribution in [3.63, 3.8) is 0 Å². The first kappa shape index (κ1) is 13.0. The van der Waals surface area contributed by atoms with Crippen LogP contribution in [0.1, 0.15) is 24.0 Å². The first-order chi connectivity index (χ1) is 9.19. The summed E-state index contributed by atoms with van der Waals surface area (Å²) in [5.74, 6) is 1.35. The number of aryl methyl sites for hydroxylation is 1. The van der Waals surface area contributed by atoms with Gasteiger partial charge in [0, 0.05) is 18.8 Å². The Hall–Kier alpha value is -1.00. The van der Waals surface area contributed by atoms with Gasteiger partial charge in [0.15, 0.2) is 5.60 Å². The quantitative estimate of drug-likeness (QED) is 0.851. The first-order valence-electron chi connectivity index (χ1n) is 6.85. The number of aliphatic hydroxyl groups is 1. The number of rotatable bonds is 1. The van der Waals surface area contributed by atoms with E-state index in [2.05, 4.69) is 18.2 Å². The molecule has 1 N–H and O–H groups in total. The van der Waals surface area contributed by atoms with Gasteiger partial charge in [0.25, 0.3) is 5.91 Å². The summed E-state index contributed by atoms with van der Waals surface area (Å²) in [4.78, 5) is 14.4. The second-order valence-electron chi connectivity index (χ2n) is 5.43. The Balaban J connectivity index is 1.81. The summed E-state index contributed by atoms with van der Waals surface area (Å²) >= 11 is 1.67. The molecule has 3 rings (SSSR count). The molecule has 3 nitrogen and oxygen atoms in total. The number of nitrogens with zero attached hydrogens (tertiary/aromatic N) is 1. The number of fused-ring (bicyclic) bond motifs is 1. The third-order valence-electron chi connectivity index (χ3n) is 4.04. The van der Waals surface area contributed by atoms with Crippen LogP contribution in [0.25, 0.3) is 0 Å².